The number of benzene rings is 1. The molecule has 5 nitrogen and oxygen atoms in total. The van der Waals surface area contributed by atoms with Gasteiger partial charge in [0, 0.05) is 5.92 Å². The number of oxazole rings is 1. The van der Waals surface area contributed by atoms with Crippen LogP contribution in [0.4, 0.5) is 10.4 Å². The molecule has 6 rings (SSSR count). The average Bonchev–Trinajstić information content (AvgIpc) is 3.26. The van der Waals surface area contributed by atoms with E-state index in [4.69, 9.17) is 10.2 Å². The number of alkyl halides is 1. The van der Waals surface area contributed by atoms with Crippen LogP contribution in [0.5, 0.6) is 0 Å². The zero-order chi connectivity index (χ0) is 22.3. The maximum absolute atomic E-state index is 16.6. The lowest BCUT2D eigenvalue weighted by Crippen LogP contribution is -2.61. The third-order valence-corrected chi connectivity index (χ3v) is 9.09. The number of fused-ring (bicyclic) bond motifs is 5. The number of hydrogen-bond acceptors (Lipinski definition) is 5. The summed E-state index contributed by atoms with van der Waals surface area (Å²) in [5.74, 6) is 0.0845. The number of aromatic nitrogens is 1. The molecule has 4 aliphatic rings. The van der Waals surface area contributed by atoms with Gasteiger partial charge in [0.2, 0.25) is 0 Å². The third kappa shape index (κ3) is 2.72. The number of nitrogens with zero attached hydrogens (tertiary/aromatic N) is 1. The number of halogens is 1. The minimum absolute atomic E-state index is 0.147. The summed E-state index contributed by atoms with van der Waals surface area (Å²) in [6.07, 6.45) is 8.56. The summed E-state index contributed by atoms with van der Waals surface area (Å²) in [5.41, 5.74) is 6.80. The first-order chi connectivity index (χ1) is 15.2. The molecule has 4 aliphatic carbocycles. The fraction of sp³-hybridized carbons (Fsp3) is 0.577. The first kappa shape index (κ1) is 20.4. The van der Waals surface area contributed by atoms with Crippen LogP contribution in [0.2, 0.25) is 0 Å². The maximum Gasteiger partial charge on any atom is 0.292 e. The van der Waals surface area contributed by atoms with Crippen LogP contribution in [0, 0.1) is 17.3 Å². The quantitative estimate of drug-likeness (QED) is 0.549. The van der Waals surface area contributed by atoms with Gasteiger partial charge in [0.25, 0.3) is 6.01 Å². The molecular formula is C26H31FN2O3. The molecule has 0 amide bonds. The van der Waals surface area contributed by atoms with E-state index in [1.165, 1.54) is 0 Å². The van der Waals surface area contributed by atoms with E-state index < -0.39 is 11.3 Å². The minimum atomic E-state index is -1.75. The van der Waals surface area contributed by atoms with Crippen molar-refractivity contribution in [2.45, 2.75) is 75.7 Å². The van der Waals surface area contributed by atoms with Crippen molar-refractivity contribution in [3.63, 3.8) is 0 Å². The van der Waals surface area contributed by atoms with Crippen molar-refractivity contribution in [2.75, 3.05) is 5.73 Å². The Kier molecular flexibility index (Phi) is 4.26. The topological polar surface area (TPSA) is 92.5 Å². The van der Waals surface area contributed by atoms with Crippen molar-refractivity contribution >= 4 is 22.7 Å². The molecule has 6 atom stereocenters. The summed E-state index contributed by atoms with van der Waals surface area (Å²) in [4.78, 5) is 4.18. The second kappa shape index (κ2) is 6.67. The molecule has 2 saturated carbocycles. The molecule has 32 heavy (non-hydrogen) atoms. The second-order valence-electron chi connectivity index (χ2n) is 10.7. The molecule has 6 heteroatoms. The van der Waals surface area contributed by atoms with E-state index in [9.17, 15) is 10.2 Å². The standard InChI is InChI=1S/C26H31FN2O3/c1-24-10-11-25(27)14-17-12-18(30)4-2-15(17)8-9-26(25,31)22(24)7-5-19(24)16-3-6-20-21(13-16)32-23(28)29-20/h3,5-6,13-15,18,22,30-31H,2,4,7-12H2,1H3,(H2,28,29)/t15?,18?,22?,24?,25?,26-/m0/s1. The number of nitrogens with two attached hydrogens (primary N) is 1. The predicted molar refractivity (Wildman–Crippen MR) is 121 cm³/mol. The fourth-order valence-corrected chi connectivity index (χ4v) is 7.35. The number of aliphatic hydroxyl groups is 2. The number of nitrogen functional groups attached to an aromatic ring is 1. The van der Waals surface area contributed by atoms with Crippen molar-refractivity contribution in [1.82, 2.24) is 4.98 Å². The van der Waals surface area contributed by atoms with Gasteiger partial charge in [-0.1, -0.05) is 24.6 Å². The molecule has 2 aromatic rings. The van der Waals surface area contributed by atoms with Gasteiger partial charge in [0.1, 0.15) is 11.1 Å². The van der Waals surface area contributed by atoms with Crippen molar-refractivity contribution in [3.05, 3.63) is 41.5 Å². The molecular weight excluding hydrogens is 407 g/mol. The molecule has 0 bridgehead atoms. The summed E-state index contributed by atoms with van der Waals surface area (Å²) >= 11 is 0. The summed E-state index contributed by atoms with van der Waals surface area (Å²) < 4.78 is 22.2. The first-order valence-electron chi connectivity index (χ1n) is 11.9. The van der Waals surface area contributed by atoms with E-state index in [1.54, 1.807) is 6.08 Å². The van der Waals surface area contributed by atoms with Crippen LogP contribution in [0.3, 0.4) is 0 Å². The molecule has 0 aliphatic heterocycles. The van der Waals surface area contributed by atoms with E-state index in [2.05, 4.69) is 18.0 Å². The van der Waals surface area contributed by atoms with Crippen LogP contribution >= 0.6 is 0 Å². The molecule has 1 heterocycles. The smallest absolute Gasteiger partial charge is 0.292 e. The molecule has 0 saturated heterocycles. The zero-order valence-corrected chi connectivity index (χ0v) is 18.5. The Morgan fingerprint density at radius 3 is 2.88 bits per heavy atom. The third-order valence-electron chi connectivity index (χ3n) is 9.09. The Labute approximate surface area is 187 Å². The van der Waals surface area contributed by atoms with Crippen LogP contribution in [0.15, 0.2) is 40.3 Å². The fourth-order valence-electron chi connectivity index (χ4n) is 7.35. The highest BCUT2D eigenvalue weighted by atomic mass is 19.1. The highest BCUT2D eigenvalue weighted by Crippen LogP contribution is 2.65. The van der Waals surface area contributed by atoms with Gasteiger partial charge < -0.3 is 20.4 Å². The van der Waals surface area contributed by atoms with Crippen LogP contribution in [-0.4, -0.2) is 32.6 Å². The second-order valence-corrected chi connectivity index (χ2v) is 10.7. The van der Waals surface area contributed by atoms with E-state index in [-0.39, 0.29) is 35.8 Å². The summed E-state index contributed by atoms with van der Waals surface area (Å²) in [5, 5.41) is 22.2. The van der Waals surface area contributed by atoms with Gasteiger partial charge in [-0.15, -0.1) is 0 Å². The number of allylic oxidation sites excluding steroid dienone is 2. The lowest BCUT2D eigenvalue weighted by atomic mass is 9.53. The van der Waals surface area contributed by atoms with E-state index >= 15 is 4.39 Å². The Morgan fingerprint density at radius 1 is 1.19 bits per heavy atom. The van der Waals surface area contributed by atoms with Crippen molar-refractivity contribution in [1.29, 1.82) is 0 Å². The first-order valence-corrected chi connectivity index (χ1v) is 11.9. The summed E-state index contributed by atoms with van der Waals surface area (Å²) in [7, 11) is 0. The number of aliphatic hydroxyl groups excluding tert-OH is 1. The average molecular weight is 439 g/mol. The summed E-state index contributed by atoms with van der Waals surface area (Å²) in [6, 6.07) is 6.04. The molecule has 5 unspecified atom stereocenters. The number of hydrogen-bond donors (Lipinski definition) is 3. The van der Waals surface area contributed by atoms with Gasteiger partial charge in [0.15, 0.2) is 11.3 Å². The molecule has 1 aromatic heterocycles. The maximum atomic E-state index is 16.6. The van der Waals surface area contributed by atoms with Gasteiger partial charge in [-0.05, 0) is 92.0 Å². The van der Waals surface area contributed by atoms with Crippen molar-refractivity contribution in [2.24, 2.45) is 17.3 Å². The molecule has 1 aromatic carbocycles. The summed E-state index contributed by atoms with van der Waals surface area (Å²) in [6.45, 7) is 2.18. The minimum Gasteiger partial charge on any atom is -0.424 e. The van der Waals surface area contributed by atoms with Crippen LogP contribution in [0.25, 0.3) is 16.7 Å². The highest BCUT2D eigenvalue weighted by Gasteiger charge is 2.65. The van der Waals surface area contributed by atoms with Crippen molar-refractivity contribution in [3.8, 4) is 0 Å². The van der Waals surface area contributed by atoms with Crippen LogP contribution in [-0.2, 0) is 0 Å². The highest BCUT2D eigenvalue weighted by molar-refractivity contribution is 5.82. The van der Waals surface area contributed by atoms with E-state index in [0.717, 1.165) is 41.5 Å². The van der Waals surface area contributed by atoms with E-state index in [1.807, 2.05) is 18.2 Å². The Balaban J connectivity index is 1.38. The van der Waals surface area contributed by atoms with Gasteiger partial charge >= 0.3 is 0 Å². The zero-order valence-electron chi connectivity index (χ0n) is 18.5. The van der Waals surface area contributed by atoms with Crippen LogP contribution in [0.1, 0.15) is 63.9 Å². The molecule has 2 fully saturated rings. The van der Waals surface area contributed by atoms with Gasteiger partial charge in [-0.25, -0.2) is 4.39 Å². The van der Waals surface area contributed by atoms with Gasteiger partial charge in [-0.3, -0.25) is 0 Å². The Morgan fingerprint density at radius 2 is 2.03 bits per heavy atom. The molecule has 0 radical (unpaired) electrons. The Hall–Kier alpha value is -2.18. The SMILES string of the molecule is CC12CCC3(F)C=C4CC(O)CCC4CC[C@]3(O)C1CC=C2c1ccc2nc(N)oc2c1. The Bertz CT molecular complexity index is 1160. The lowest BCUT2D eigenvalue weighted by Gasteiger charge is -2.55. The van der Waals surface area contributed by atoms with Crippen LogP contribution < -0.4 is 5.73 Å². The molecule has 170 valence electrons. The largest absolute Gasteiger partial charge is 0.424 e. The van der Waals surface area contributed by atoms with Gasteiger partial charge in [-0.2, -0.15) is 4.98 Å². The van der Waals surface area contributed by atoms with E-state index in [0.29, 0.717) is 31.3 Å². The number of rotatable bonds is 1. The lowest BCUT2D eigenvalue weighted by molar-refractivity contribution is -0.172. The predicted octanol–water partition coefficient (Wildman–Crippen LogP) is 4.93. The number of anilines is 1. The molecule has 0 spiro atoms. The monoisotopic (exact) mass is 438 g/mol. The van der Waals surface area contributed by atoms with Gasteiger partial charge in [0.05, 0.1) is 6.10 Å². The normalized spacial score (nSPS) is 41.3. The van der Waals surface area contributed by atoms with Crippen molar-refractivity contribution < 1.29 is 19.0 Å². The molecule has 4 N–H and O–H groups in total.